The number of benzene rings is 7. The molecule has 7 aromatic carbocycles. The van der Waals surface area contributed by atoms with Gasteiger partial charge in [-0.2, -0.15) is 0 Å². The summed E-state index contributed by atoms with van der Waals surface area (Å²) in [7, 11) is 0. The summed E-state index contributed by atoms with van der Waals surface area (Å²) in [6.07, 6.45) is 0. The van der Waals surface area contributed by atoms with Crippen LogP contribution in [0.25, 0.3) is 65.7 Å². The van der Waals surface area contributed by atoms with Gasteiger partial charge in [-0.05, 0) is 92.5 Å². The predicted octanol–water partition coefficient (Wildman–Crippen LogP) is 10.5. The van der Waals surface area contributed by atoms with Gasteiger partial charge in [-0.1, -0.05) is 126 Å². The van der Waals surface area contributed by atoms with Gasteiger partial charge in [-0.3, -0.25) is 0 Å². The predicted molar refractivity (Wildman–Crippen MR) is 161 cm³/mol. The Balaban J connectivity index is 1.63. The van der Waals surface area contributed by atoms with Gasteiger partial charge in [-0.25, -0.2) is 0 Å². The Bertz CT molecular complexity index is 1840. The highest BCUT2D eigenvalue weighted by molar-refractivity contribution is 6.29. The van der Waals surface area contributed by atoms with E-state index in [-0.39, 0.29) is 0 Å². The zero-order chi connectivity index (χ0) is 25.1. The van der Waals surface area contributed by atoms with Crippen LogP contribution in [0.15, 0.2) is 115 Å². The minimum absolute atomic E-state index is 1.26. The molecule has 0 spiro atoms. The van der Waals surface area contributed by atoms with Crippen molar-refractivity contribution in [2.45, 2.75) is 20.8 Å². The Labute approximate surface area is 218 Å². The lowest BCUT2D eigenvalue weighted by molar-refractivity contribution is 1.47. The second kappa shape index (κ2) is 8.32. The van der Waals surface area contributed by atoms with Crippen molar-refractivity contribution in [2.75, 3.05) is 0 Å². The summed E-state index contributed by atoms with van der Waals surface area (Å²) in [5.41, 5.74) is 11.5. The lowest BCUT2D eigenvalue weighted by Gasteiger charge is -2.19. The van der Waals surface area contributed by atoms with Crippen molar-refractivity contribution in [1.29, 1.82) is 0 Å². The lowest BCUT2D eigenvalue weighted by Crippen LogP contribution is -1.92. The number of rotatable bonds is 3. The van der Waals surface area contributed by atoms with Gasteiger partial charge in [0, 0.05) is 0 Å². The monoisotopic (exact) mass is 472 g/mol. The molecule has 0 amide bonds. The molecule has 0 unspecified atom stereocenters. The van der Waals surface area contributed by atoms with Crippen molar-refractivity contribution >= 4 is 32.3 Å². The molecule has 0 bridgehead atoms. The van der Waals surface area contributed by atoms with Crippen LogP contribution in [-0.2, 0) is 0 Å². The number of hydrogen-bond donors (Lipinski definition) is 0. The Morgan fingerprint density at radius 2 is 0.703 bits per heavy atom. The van der Waals surface area contributed by atoms with Crippen LogP contribution in [0.2, 0.25) is 0 Å². The maximum Gasteiger partial charge on any atom is -0.00141 e. The van der Waals surface area contributed by atoms with Crippen molar-refractivity contribution in [3.05, 3.63) is 132 Å². The average molecular weight is 473 g/mol. The summed E-state index contributed by atoms with van der Waals surface area (Å²) in [6, 6.07) is 43.1. The minimum Gasteiger partial charge on any atom is -0.0587 e. The molecule has 0 heteroatoms. The largest absolute Gasteiger partial charge is 0.0587 e. The fourth-order valence-electron chi connectivity index (χ4n) is 5.83. The van der Waals surface area contributed by atoms with Crippen molar-refractivity contribution in [3.8, 4) is 33.4 Å². The normalized spacial score (nSPS) is 11.6. The van der Waals surface area contributed by atoms with E-state index in [0.717, 1.165) is 0 Å². The van der Waals surface area contributed by atoms with Crippen LogP contribution in [-0.4, -0.2) is 0 Å². The van der Waals surface area contributed by atoms with Crippen LogP contribution in [0, 0.1) is 20.8 Å². The molecule has 0 fully saturated rings. The molecule has 0 N–H and O–H groups in total. The molecule has 0 atom stereocenters. The van der Waals surface area contributed by atoms with E-state index in [1.165, 1.54) is 82.4 Å². The smallest absolute Gasteiger partial charge is 0.00141 e. The minimum atomic E-state index is 1.26. The fourth-order valence-corrected chi connectivity index (χ4v) is 5.83. The maximum atomic E-state index is 2.40. The summed E-state index contributed by atoms with van der Waals surface area (Å²) in [4.78, 5) is 0. The SMILES string of the molecule is Cc1ccc(-c2ccc3ccc4c(-c5ccc(C)cc5)cc(-c5ccc(C)cc5)c5ccc2c3c45)cc1. The van der Waals surface area contributed by atoms with Crippen LogP contribution in [0.5, 0.6) is 0 Å². The zero-order valence-electron chi connectivity index (χ0n) is 21.5. The molecule has 37 heavy (non-hydrogen) atoms. The first-order valence-corrected chi connectivity index (χ1v) is 13.0. The molecule has 0 aliphatic heterocycles. The first kappa shape index (κ1) is 21.8. The topological polar surface area (TPSA) is 0 Å². The van der Waals surface area contributed by atoms with E-state index < -0.39 is 0 Å². The molecule has 0 nitrogen and oxygen atoms in total. The third-order valence-corrected chi connectivity index (χ3v) is 7.87. The second-order valence-corrected chi connectivity index (χ2v) is 10.4. The third-order valence-electron chi connectivity index (χ3n) is 7.87. The van der Waals surface area contributed by atoms with E-state index in [2.05, 4.69) is 136 Å². The van der Waals surface area contributed by atoms with E-state index in [1.807, 2.05) is 0 Å². The molecular formula is C37H28. The summed E-state index contributed by atoms with van der Waals surface area (Å²) in [5, 5.41) is 7.95. The zero-order valence-corrected chi connectivity index (χ0v) is 21.5. The Morgan fingerprint density at radius 3 is 1.19 bits per heavy atom. The van der Waals surface area contributed by atoms with Crippen LogP contribution < -0.4 is 0 Å². The molecule has 7 aromatic rings. The summed E-state index contributed by atoms with van der Waals surface area (Å²) in [6.45, 7) is 6.45. The van der Waals surface area contributed by atoms with E-state index in [9.17, 15) is 0 Å². The highest BCUT2D eigenvalue weighted by Gasteiger charge is 2.18. The van der Waals surface area contributed by atoms with E-state index in [0.29, 0.717) is 0 Å². The molecular weight excluding hydrogens is 444 g/mol. The first-order chi connectivity index (χ1) is 18.1. The highest BCUT2D eigenvalue weighted by atomic mass is 14.2. The number of hydrogen-bond acceptors (Lipinski definition) is 0. The second-order valence-electron chi connectivity index (χ2n) is 10.4. The van der Waals surface area contributed by atoms with E-state index in [4.69, 9.17) is 0 Å². The van der Waals surface area contributed by atoms with Gasteiger partial charge >= 0.3 is 0 Å². The van der Waals surface area contributed by atoms with Crippen LogP contribution in [0.1, 0.15) is 16.7 Å². The average Bonchev–Trinajstić information content (AvgIpc) is 2.93. The molecule has 0 aliphatic rings. The molecule has 176 valence electrons. The van der Waals surface area contributed by atoms with Crippen molar-refractivity contribution in [1.82, 2.24) is 0 Å². The first-order valence-electron chi connectivity index (χ1n) is 13.0. The van der Waals surface area contributed by atoms with Crippen LogP contribution in [0.4, 0.5) is 0 Å². The lowest BCUT2D eigenvalue weighted by atomic mass is 9.84. The third kappa shape index (κ3) is 3.52. The van der Waals surface area contributed by atoms with Crippen LogP contribution in [0.3, 0.4) is 0 Å². The Morgan fingerprint density at radius 1 is 0.324 bits per heavy atom. The van der Waals surface area contributed by atoms with Crippen molar-refractivity contribution in [2.24, 2.45) is 0 Å². The molecule has 7 rings (SSSR count). The molecule has 0 aliphatic carbocycles. The fraction of sp³-hybridized carbons (Fsp3) is 0.0811. The van der Waals surface area contributed by atoms with Gasteiger partial charge < -0.3 is 0 Å². The van der Waals surface area contributed by atoms with E-state index in [1.54, 1.807) is 0 Å². The van der Waals surface area contributed by atoms with Gasteiger partial charge in [-0.15, -0.1) is 0 Å². The quantitative estimate of drug-likeness (QED) is 0.224. The molecule has 0 saturated carbocycles. The molecule has 0 saturated heterocycles. The van der Waals surface area contributed by atoms with Crippen LogP contribution >= 0.6 is 0 Å². The summed E-state index contributed by atoms with van der Waals surface area (Å²) >= 11 is 0. The van der Waals surface area contributed by atoms with Gasteiger partial charge in [0.25, 0.3) is 0 Å². The van der Waals surface area contributed by atoms with Gasteiger partial charge in [0.15, 0.2) is 0 Å². The summed E-state index contributed by atoms with van der Waals surface area (Å²) < 4.78 is 0. The van der Waals surface area contributed by atoms with Crippen molar-refractivity contribution < 1.29 is 0 Å². The van der Waals surface area contributed by atoms with Gasteiger partial charge in [0.1, 0.15) is 0 Å². The number of aryl methyl sites for hydroxylation is 3. The van der Waals surface area contributed by atoms with E-state index >= 15 is 0 Å². The highest BCUT2D eigenvalue weighted by Crippen LogP contribution is 2.45. The maximum absolute atomic E-state index is 2.40. The molecule has 0 heterocycles. The summed E-state index contributed by atoms with van der Waals surface area (Å²) in [5.74, 6) is 0. The standard InChI is InChI=1S/C37H28/c1-23-4-10-26(11-5-23)30-18-16-29-17-19-32-34(27-12-6-24(2)7-13-27)22-35(28-14-8-25(3)9-15-28)33-21-20-31(30)36(29)37(32)33/h4-22H,1-3H3. The van der Waals surface area contributed by atoms with Crippen molar-refractivity contribution in [3.63, 3.8) is 0 Å². The van der Waals surface area contributed by atoms with Gasteiger partial charge in [0.05, 0.1) is 0 Å². The Hall–Kier alpha value is -4.42. The molecule has 0 aromatic heterocycles. The molecule has 0 radical (unpaired) electrons. The Kier molecular flexibility index (Phi) is 4.91. The van der Waals surface area contributed by atoms with Gasteiger partial charge in [0.2, 0.25) is 0 Å².